The first-order chi connectivity index (χ1) is 8.11. The van der Waals surface area contributed by atoms with E-state index < -0.39 is 0 Å². The summed E-state index contributed by atoms with van der Waals surface area (Å²) in [6.07, 6.45) is 0.865. The molecule has 5 heteroatoms. The molecular formula is C12H12BrFN2O. The van der Waals surface area contributed by atoms with Crippen LogP contribution in [-0.2, 0) is 0 Å². The van der Waals surface area contributed by atoms with Crippen molar-refractivity contribution in [1.29, 1.82) is 0 Å². The zero-order valence-electron chi connectivity index (χ0n) is 9.58. The van der Waals surface area contributed by atoms with Crippen molar-refractivity contribution >= 4 is 15.9 Å². The van der Waals surface area contributed by atoms with Gasteiger partial charge in [0.2, 0.25) is 11.8 Å². The van der Waals surface area contributed by atoms with Gasteiger partial charge in [-0.15, -0.1) is 10.2 Å². The SMILES string of the molecule is CCC(Br)c1nnc(-c2ccc(F)c(C)c2)o1. The summed E-state index contributed by atoms with van der Waals surface area (Å²) >= 11 is 3.44. The van der Waals surface area contributed by atoms with Gasteiger partial charge in [-0.1, -0.05) is 22.9 Å². The summed E-state index contributed by atoms with van der Waals surface area (Å²) < 4.78 is 18.7. The van der Waals surface area contributed by atoms with Gasteiger partial charge >= 0.3 is 0 Å². The molecule has 0 bridgehead atoms. The number of rotatable bonds is 3. The van der Waals surface area contributed by atoms with Gasteiger partial charge in [0.1, 0.15) is 5.82 Å². The monoisotopic (exact) mass is 298 g/mol. The van der Waals surface area contributed by atoms with Gasteiger partial charge in [-0.3, -0.25) is 0 Å². The van der Waals surface area contributed by atoms with E-state index in [9.17, 15) is 4.39 Å². The lowest BCUT2D eigenvalue weighted by atomic mass is 10.1. The van der Waals surface area contributed by atoms with Crippen molar-refractivity contribution < 1.29 is 8.81 Å². The Morgan fingerprint density at radius 3 is 2.82 bits per heavy atom. The molecule has 0 aliphatic heterocycles. The first-order valence-electron chi connectivity index (χ1n) is 5.35. The van der Waals surface area contributed by atoms with Gasteiger partial charge in [0, 0.05) is 5.56 Å². The van der Waals surface area contributed by atoms with Crippen molar-refractivity contribution in [2.45, 2.75) is 25.1 Å². The van der Waals surface area contributed by atoms with E-state index in [1.807, 2.05) is 6.92 Å². The van der Waals surface area contributed by atoms with Gasteiger partial charge < -0.3 is 4.42 Å². The Balaban J connectivity index is 2.33. The topological polar surface area (TPSA) is 38.9 Å². The van der Waals surface area contributed by atoms with Crippen LogP contribution in [-0.4, -0.2) is 10.2 Å². The first kappa shape index (κ1) is 12.2. The van der Waals surface area contributed by atoms with Gasteiger partial charge in [0.25, 0.3) is 0 Å². The van der Waals surface area contributed by atoms with Crippen LogP contribution in [0, 0.1) is 12.7 Å². The van der Waals surface area contributed by atoms with E-state index >= 15 is 0 Å². The predicted octanol–water partition coefficient (Wildman–Crippen LogP) is 4.03. The highest BCUT2D eigenvalue weighted by Gasteiger charge is 2.15. The van der Waals surface area contributed by atoms with Gasteiger partial charge in [-0.2, -0.15) is 0 Å². The summed E-state index contributed by atoms with van der Waals surface area (Å²) in [6.45, 7) is 3.72. The molecule has 1 aromatic heterocycles. The number of aromatic nitrogens is 2. The molecule has 1 heterocycles. The minimum Gasteiger partial charge on any atom is -0.419 e. The molecule has 0 saturated heterocycles. The molecular weight excluding hydrogens is 287 g/mol. The van der Waals surface area contributed by atoms with Crippen molar-refractivity contribution in [1.82, 2.24) is 10.2 Å². The maximum absolute atomic E-state index is 13.1. The third kappa shape index (κ3) is 2.54. The molecule has 1 atom stereocenters. The number of aryl methyl sites for hydroxylation is 1. The first-order valence-corrected chi connectivity index (χ1v) is 6.27. The molecule has 3 nitrogen and oxygen atoms in total. The molecule has 2 aromatic rings. The molecule has 0 saturated carbocycles. The zero-order valence-corrected chi connectivity index (χ0v) is 11.2. The Hall–Kier alpha value is -1.23. The van der Waals surface area contributed by atoms with Crippen molar-refractivity contribution in [2.24, 2.45) is 0 Å². The van der Waals surface area contributed by atoms with Crippen LogP contribution < -0.4 is 0 Å². The molecule has 2 rings (SSSR count). The minimum absolute atomic E-state index is 0.0605. The van der Waals surface area contributed by atoms with Crippen molar-refractivity contribution in [3.05, 3.63) is 35.5 Å². The number of alkyl halides is 1. The molecule has 0 amide bonds. The van der Waals surface area contributed by atoms with Crippen molar-refractivity contribution in [3.63, 3.8) is 0 Å². The molecule has 0 spiro atoms. The smallest absolute Gasteiger partial charge is 0.247 e. The Bertz CT molecular complexity index is 527. The van der Waals surface area contributed by atoms with E-state index in [4.69, 9.17) is 4.42 Å². The highest BCUT2D eigenvalue weighted by atomic mass is 79.9. The summed E-state index contributed by atoms with van der Waals surface area (Å²) in [5, 5.41) is 7.92. The lowest BCUT2D eigenvalue weighted by molar-refractivity contribution is 0.500. The van der Waals surface area contributed by atoms with E-state index in [1.54, 1.807) is 19.1 Å². The highest BCUT2D eigenvalue weighted by molar-refractivity contribution is 9.09. The second-order valence-electron chi connectivity index (χ2n) is 3.79. The average molecular weight is 299 g/mol. The van der Waals surface area contributed by atoms with Crippen molar-refractivity contribution in [2.75, 3.05) is 0 Å². The van der Waals surface area contributed by atoms with Gasteiger partial charge in [-0.05, 0) is 37.1 Å². The number of benzene rings is 1. The van der Waals surface area contributed by atoms with Crippen LogP contribution in [0.4, 0.5) is 4.39 Å². The highest BCUT2D eigenvalue weighted by Crippen LogP contribution is 2.28. The quantitative estimate of drug-likeness (QED) is 0.803. The Morgan fingerprint density at radius 1 is 1.41 bits per heavy atom. The Labute approximate surface area is 107 Å². The minimum atomic E-state index is -0.236. The van der Waals surface area contributed by atoms with E-state index in [-0.39, 0.29) is 10.6 Å². The molecule has 1 aromatic carbocycles. The normalized spacial score (nSPS) is 12.7. The summed E-state index contributed by atoms with van der Waals surface area (Å²) in [5.74, 6) is 0.728. The van der Waals surface area contributed by atoms with Gasteiger partial charge in [-0.25, -0.2) is 4.39 Å². The van der Waals surface area contributed by atoms with E-state index in [2.05, 4.69) is 26.1 Å². The molecule has 90 valence electrons. The van der Waals surface area contributed by atoms with Crippen LogP contribution in [0.25, 0.3) is 11.5 Å². The fraction of sp³-hybridized carbons (Fsp3) is 0.333. The number of nitrogens with zero attached hydrogens (tertiary/aromatic N) is 2. The standard InChI is InChI=1S/C12H12BrFN2O/c1-3-9(13)12-16-15-11(17-12)8-4-5-10(14)7(2)6-8/h4-6,9H,3H2,1-2H3. The van der Waals surface area contributed by atoms with E-state index in [0.717, 1.165) is 12.0 Å². The maximum atomic E-state index is 13.1. The average Bonchev–Trinajstić information content (AvgIpc) is 2.81. The molecule has 0 fully saturated rings. The van der Waals surface area contributed by atoms with Crippen LogP contribution in [0.3, 0.4) is 0 Å². The third-order valence-corrected chi connectivity index (χ3v) is 3.51. The van der Waals surface area contributed by atoms with Crippen LogP contribution in [0.1, 0.15) is 29.6 Å². The Morgan fingerprint density at radius 2 is 2.18 bits per heavy atom. The van der Waals surface area contributed by atoms with Crippen LogP contribution >= 0.6 is 15.9 Å². The lowest BCUT2D eigenvalue weighted by Gasteiger charge is -2.00. The maximum Gasteiger partial charge on any atom is 0.247 e. The summed E-state index contributed by atoms with van der Waals surface area (Å²) in [6, 6.07) is 4.73. The third-order valence-electron chi connectivity index (χ3n) is 2.47. The molecule has 0 aliphatic rings. The number of hydrogen-bond acceptors (Lipinski definition) is 3. The molecule has 0 aliphatic carbocycles. The predicted molar refractivity (Wildman–Crippen MR) is 66.4 cm³/mol. The largest absolute Gasteiger partial charge is 0.419 e. The fourth-order valence-corrected chi connectivity index (χ4v) is 1.62. The Kier molecular flexibility index (Phi) is 3.57. The number of hydrogen-bond donors (Lipinski definition) is 0. The zero-order chi connectivity index (χ0) is 12.4. The summed E-state index contributed by atoms with van der Waals surface area (Å²) in [4.78, 5) is 0.0605. The van der Waals surface area contributed by atoms with Gasteiger partial charge in [0.15, 0.2) is 0 Å². The molecule has 1 unspecified atom stereocenters. The molecule has 17 heavy (non-hydrogen) atoms. The molecule has 0 radical (unpaired) electrons. The van der Waals surface area contributed by atoms with E-state index in [1.165, 1.54) is 6.07 Å². The lowest BCUT2D eigenvalue weighted by Crippen LogP contribution is -1.86. The second kappa shape index (κ2) is 4.96. The second-order valence-corrected chi connectivity index (χ2v) is 4.89. The molecule has 0 N–H and O–H groups in total. The summed E-state index contributed by atoms with van der Waals surface area (Å²) in [7, 11) is 0. The summed E-state index contributed by atoms with van der Waals surface area (Å²) in [5.41, 5.74) is 1.30. The number of halogens is 2. The van der Waals surface area contributed by atoms with Gasteiger partial charge in [0.05, 0.1) is 4.83 Å². The van der Waals surface area contributed by atoms with Crippen LogP contribution in [0.5, 0.6) is 0 Å². The van der Waals surface area contributed by atoms with Crippen LogP contribution in [0.15, 0.2) is 22.6 Å². The van der Waals surface area contributed by atoms with Crippen LogP contribution in [0.2, 0.25) is 0 Å². The fourth-order valence-electron chi connectivity index (χ4n) is 1.43. The van der Waals surface area contributed by atoms with Crippen molar-refractivity contribution in [3.8, 4) is 11.5 Å². The van der Waals surface area contributed by atoms with E-state index in [0.29, 0.717) is 17.3 Å².